The highest BCUT2D eigenvalue weighted by atomic mass is 127. The minimum absolute atomic E-state index is 0. The van der Waals surface area contributed by atoms with Crippen molar-refractivity contribution in [3.63, 3.8) is 0 Å². The summed E-state index contributed by atoms with van der Waals surface area (Å²) in [5.41, 5.74) is 0. The van der Waals surface area contributed by atoms with E-state index in [1.807, 2.05) is 0 Å². The van der Waals surface area contributed by atoms with Crippen LogP contribution in [0.15, 0.2) is 4.99 Å². The van der Waals surface area contributed by atoms with Crippen molar-refractivity contribution in [1.82, 2.24) is 20.4 Å². The van der Waals surface area contributed by atoms with Crippen LogP contribution in [0.2, 0.25) is 0 Å². The normalized spacial score (nSPS) is 20.0. The van der Waals surface area contributed by atoms with Crippen LogP contribution in [0.4, 0.5) is 0 Å². The van der Waals surface area contributed by atoms with Crippen molar-refractivity contribution in [2.45, 2.75) is 51.5 Å². The van der Waals surface area contributed by atoms with Gasteiger partial charge >= 0.3 is 0 Å². The molecule has 6 nitrogen and oxygen atoms in total. The Morgan fingerprint density at radius 1 is 1.15 bits per heavy atom. The maximum absolute atomic E-state index is 5.39. The fourth-order valence-electron chi connectivity index (χ4n) is 3.71. The molecule has 154 valence electrons. The Labute approximate surface area is 177 Å². The van der Waals surface area contributed by atoms with Crippen LogP contribution in [-0.4, -0.2) is 87.9 Å². The van der Waals surface area contributed by atoms with Gasteiger partial charge in [-0.2, -0.15) is 0 Å². The Hall–Kier alpha value is -0.120. The van der Waals surface area contributed by atoms with Crippen molar-refractivity contribution < 1.29 is 4.74 Å². The second-order valence-corrected chi connectivity index (χ2v) is 7.27. The van der Waals surface area contributed by atoms with Gasteiger partial charge < -0.3 is 20.3 Å². The maximum Gasteiger partial charge on any atom is 0.191 e. The number of rotatable bonds is 9. The number of hydrogen-bond acceptors (Lipinski definition) is 4. The van der Waals surface area contributed by atoms with Crippen LogP contribution >= 0.6 is 24.0 Å². The molecule has 7 heteroatoms. The molecule has 1 heterocycles. The lowest BCUT2D eigenvalue weighted by Crippen LogP contribution is -2.44. The maximum atomic E-state index is 5.39. The number of hydrogen-bond donors (Lipinski definition) is 2. The number of morpholine rings is 1. The second kappa shape index (κ2) is 14.9. The van der Waals surface area contributed by atoms with Crippen molar-refractivity contribution >= 4 is 29.9 Å². The van der Waals surface area contributed by atoms with E-state index in [9.17, 15) is 0 Å². The van der Waals surface area contributed by atoms with Crippen LogP contribution in [0.3, 0.4) is 0 Å². The van der Waals surface area contributed by atoms with E-state index in [2.05, 4.69) is 34.4 Å². The number of nitrogens with zero attached hydrogens (tertiary/aromatic N) is 3. The van der Waals surface area contributed by atoms with Gasteiger partial charge in [0.05, 0.1) is 13.2 Å². The van der Waals surface area contributed by atoms with E-state index in [4.69, 9.17) is 9.73 Å². The number of aliphatic imine (C=N–C) groups is 1. The van der Waals surface area contributed by atoms with Gasteiger partial charge in [-0.1, -0.05) is 19.3 Å². The smallest absolute Gasteiger partial charge is 0.191 e. The molecule has 2 N–H and O–H groups in total. The van der Waals surface area contributed by atoms with Crippen LogP contribution in [0, 0.1) is 0 Å². The van der Waals surface area contributed by atoms with Gasteiger partial charge in [0.1, 0.15) is 0 Å². The molecule has 26 heavy (non-hydrogen) atoms. The van der Waals surface area contributed by atoms with E-state index in [1.54, 1.807) is 0 Å². The number of halogens is 1. The lowest BCUT2D eigenvalue weighted by Gasteiger charge is -2.31. The van der Waals surface area contributed by atoms with E-state index in [-0.39, 0.29) is 24.0 Å². The highest BCUT2D eigenvalue weighted by Crippen LogP contribution is 2.21. The minimum Gasteiger partial charge on any atom is -0.379 e. The SMILES string of the molecule is CCNC(=NCCCN(C)C1CCCCC1)NCCN1CCOCC1.I. The molecule has 2 rings (SSSR count). The molecule has 0 atom stereocenters. The molecule has 0 aromatic heterocycles. The van der Waals surface area contributed by atoms with Gasteiger partial charge in [0.25, 0.3) is 0 Å². The average molecular weight is 481 g/mol. The first-order valence-corrected chi connectivity index (χ1v) is 10.3. The van der Waals surface area contributed by atoms with E-state index < -0.39 is 0 Å². The highest BCUT2D eigenvalue weighted by molar-refractivity contribution is 14.0. The zero-order valence-corrected chi connectivity index (χ0v) is 19.2. The molecule has 0 unspecified atom stereocenters. The Morgan fingerprint density at radius 2 is 1.88 bits per heavy atom. The predicted molar refractivity (Wildman–Crippen MR) is 121 cm³/mol. The van der Waals surface area contributed by atoms with Gasteiger partial charge in [0.2, 0.25) is 0 Å². The summed E-state index contributed by atoms with van der Waals surface area (Å²) in [6.07, 6.45) is 8.14. The third-order valence-corrected chi connectivity index (χ3v) is 5.31. The molecule has 0 amide bonds. The molecule has 0 aromatic rings. The van der Waals surface area contributed by atoms with E-state index in [1.165, 1.54) is 32.1 Å². The van der Waals surface area contributed by atoms with Crippen LogP contribution in [0.1, 0.15) is 45.4 Å². The first kappa shape index (κ1) is 23.9. The molecule has 1 aliphatic carbocycles. The molecule has 1 saturated heterocycles. The van der Waals surface area contributed by atoms with Gasteiger partial charge in [0, 0.05) is 45.3 Å². The van der Waals surface area contributed by atoms with Crippen molar-refractivity contribution in [3.05, 3.63) is 0 Å². The first-order valence-electron chi connectivity index (χ1n) is 10.3. The Bertz CT molecular complexity index is 371. The fraction of sp³-hybridized carbons (Fsp3) is 0.947. The van der Waals surface area contributed by atoms with Crippen LogP contribution in [-0.2, 0) is 4.74 Å². The molecular weight excluding hydrogens is 441 g/mol. The summed E-state index contributed by atoms with van der Waals surface area (Å²) in [6.45, 7) is 10.9. The minimum atomic E-state index is 0. The zero-order valence-electron chi connectivity index (χ0n) is 16.8. The van der Waals surface area contributed by atoms with Gasteiger partial charge in [0.15, 0.2) is 5.96 Å². The molecule has 0 aromatic carbocycles. The number of ether oxygens (including phenoxy) is 1. The molecule has 1 saturated carbocycles. The quantitative estimate of drug-likeness (QED) is 0.229. The topological polar surface area (TPSA) is 52.1 Å². The molecule has 2 aliphatic rings. The Kier molecular flexibility index (Phi) is 13.7. The van der Waals surface area contributed by atoms with E-state index in [0.29, 0.717) is 0 Å². The van der Waals surface area contributed by atoms with Crippen LogP contribution in [0.5, 0.6) is 0 Å². The van der Waals surface area contributed by atoms with Crippen molar-refractivity contribution in [2.24, 2.45) is 4.99 Å². The summed E-state index contributed by atoms with van der Waals surface area (Å²) >= 11 is 0. The summed E-state index contributed by atoms with van der Waals surface area (Å²) in [4.78, 5) is 9.73. The summed E-state index contributed by atoms with van der Waals surface area (Å²) in [5, 5.41) is 6.82. The molecule has 0 radical (unpaired) electrons. The molecular formula is C19H40IN5O. The average Bonchev–Trinajstić information content (AvgIpc) is 2.66. The lowest BCUT2D eigenvalue weighted by molar-refractivity contribution is 0.0389. The Morgan fingerprint density at radius 3 is 2.58 bits per heavy atom. The van der Waals surface area contributed by atoms with E-state index >= 15 is 0 Å². The zero-order chi connectivity index (χ0) is 17.7. The highest BCUT2D eigenvalue weighted by Gasteiger charge is 2.17. The monoisotopic (exact) mass is 481 g/mol. The molecule has 0 spiro atoms. The third kappa shape index (κ3) is 9.71. The van der Waals surface area contributed by atoms with Crippen LogP contribution < -0.4 is 10.6 Å². The summed E-state index contributed by atoms with van der Waals surface area (Å²) in [5.74, 6) is 0.955. The van der Waals surface area contributed by atoms with Crippen molar-refractivity contribution in [2.75, 3.05) is 66.1 Å². The van der Waals surface area contributed by atoms with Crippen LogP contribution in [0.25, 0.3) is 0 Å². The Balaban J connectivity index is 0.00000338. The second-order valence-electron chi connectivity index (χ2n) is 7.27. The lowest BCUT2D eigenvalue weighted by atomic mass is 9.94. The summed E-state index contributed by atoms with van der Waals surface area (Å²) in [7, 11) is 2.28. The number of nitrogens with one attached hydrogen (secondary N) is 2. The number of guanidine groups is 1. The predicted octanol–water partition coefficient (Wildman–Crippen LogP) is 2.15. The summed E-state index contributed by atoms with van der Waals surface area (Å²) in [6, 6.07) is 0.803. The van der Waals surface area contributed by atoms with Crippen molar-refractivity contribution in [3.8, 4) is 0 Å². The van der Waals surface area contributed by atoms with E-state index in [0.717, 1.165) is 77.4 Å². The van der Waals surface area contributed by atoms with Gasteiger partial charge in [-0.3, -0.25) is 9.89 Å². The summed E-state index contributed by atoms with van der Waals surface area (Å²) < 4.78 is 5.39. The van der Waals surface area contributed by atoms with Gasteiger partial charge in [-0.05, 0) is 39.8 Å². The van der Waals surface area contributed by atoms with Gasteiger partial charge in [-0.25, -0.2) is 0 Å². The third-order valence-electron chi connectivity index (χ3n) is 5.31. The molecule has 2 fully saturated rings. The largest absolute Gasteiger partial charge is 0.379 e. The standard InChI is InChI=1S/C19H39N5O.HI/c1-3-20-19(22-11-13-24-14-16-25-17-15-24)21-10-7-12-23(2)18-8-5-4-6-9-18;/h18H,3-17H2,1-2H3,(H2,20,21,22);1H. The van der Waals surface area contributed by atoms with Crippen molar-refractivity contribution in [1.29, 1.82) is 0 Å². The van der Waals surface area contributed by atoms with Gasteiger partial charge in [-0.15, -0.1) is 24.0 Å². The first-order chi connectivity index (χ1) is 12.3. The fourth-order valence-corrected chi connectivity index (χ4v) is 3.71. The molecule has 0 bridgehead atoms. The molecule has 1 aliphatic heterocycles.